The van der Waals surface area contributed by atoms with Gasteiger partial charge in [-0.05, 0) is 6.42 Å². The molecule has 5 N–H and O–H groups in total. The van der Waals surface area contributed by atoms with Gasteiger partial charge in [-0.25, -0.2) is 20.4 Å². The number of aromatic nitrogens is 4. The summed E-state index contributed by atoms with van der Waals surface area (Å²) in [5.74, 6) is 0.524. The van der Waals surface area contributed by atoms with Crippen LogP contribution in [0, 0.1) is 0 Å². The number of hydrogen-bond acceptors (Lipinski definition) is 9. The van der Waals surface area contributed by atoms with Gasteiger partial charge in [-0.3, -0.25) is 4.57 Å². The zero-order chi connectivity index (χ0) is 18.5. The molecule has 10 heteroatoms. The molecule has 1 saturated heterocycles. The van der Waals surface area contributed by atoms with Crippen molar-refractivity contribution in [2.24, 2.45) is 0 Å². The Balaban J connectivity index is 1.71. The van der Waals surface area contributed by atoms with Crippen molar-refractivity contribution in [2.75, 3.05) is 18.6 Å². The number of rotatable bonds is 9. The van der Waals surface area contributed by atoms with Crippen LogP contribution >= 0.6 is 0 Å². The topological polar surface area (TPSA) is 138 Å². The van der Waals surface area contributed by atoms with E-state index in [2.05, 4.69) is 32.7 Å². The summed E-state index contributed by atoms with van der Waals surface area (Å²) in [7, 11) is 0. The first-order chi connectivity index (χ1) is 12.7. The molecule has 4 atom stereocenters. The van der Waals surface area contributed by atoms with Gasteiger partial charge in [0, 0.05) is 6.54 Å². The van der Waals surface area contributed by atoms with Crippen LogP contribution in [0.2, 0.25) is 0 Å². The zero-order valence-corrected chi connectivity index (χ0v) is 14.7. The summed E-state index contributed by atoms with van der Waals surface area (Å²) in [6.07, 6.45) is 3.42. The van der Waals surface area contributed by atoms with Crippen LogP contribution in [0.25, 0.3) is 11.2 Å². The lowest BCUT2D eigenvalue weighted by atomic mass is 10.1. The quantitative estimate of drug-likeness (QED) is 0.305. The summed E-state index contributed by atoms with van der Waals surface area (Å²) in [5, 5.41) is 29.4. The van der Waals surface area contributed by atoms with Crippen LogP contribution in [0.1, 0.15) is 38.8 Å². The van der Waals surface area contributed by atoms with Gasteiger partial charge in [-0.15, -0.1) is 0 Å². The van der Waals surface area contributed by atoms with Crippen molar-refractivity contribution in [3.05, 3.63) is 12.7 Å². The molecule has 0 unspecified atom stereocenters. The van der Waals surface area contributed by atoms with Crippen molar-refractivity contribution in [1.29, 1.82) is 0 Å². The molecule has 1 aliphatic rings. The van der Waals surface area contributed by atoms with Crippen molar-refractivity contribution in [2.45, 2.75) is 57.1 Å². The van der Waals surface area contributed by atoms with Crippen molar-refractivity contribution in [3.8, 4) is 0 Å². The Hall–Kier alpha value is -1.85. The predicted octanol–water partition coefficient (Wildman–Crippen LogP) is -0.0654. The molecular weight excluding hydrogens is 340 g/mol. The van der Waals surface area contributed by atoms with E-state index in [-0.39, 0.29) is 6.61 Å². The Bertz CT molecular complexity index is 711. The lowest BCUT2D eigenvalue weighted by molar-refractivity contribution is -0.0511. The molecule has 0 bridgehead atoms. The van der Waals surface area contributed by atoms with E-state index in [0.29, 0.717) is 17.0 Å². The summed E-state index contributed by atoms with van der Waals surface area (Å²) in [5.41, 5.74) is 7.14. The fraction of sp³-hybridized carbons (Fsp3) is 0.688. The van der Waals surface area contributed by atoms with E-state index >= 15 is 0 Å². The second-order valence-electron chi connectivity index (χ2n) is 6.39. The molecule has 2 aromatic rings. The monoisotopic (exact) mass is 366 g/mol. The summed E-state index contributed by atoms with van der Waals surface area (Å²) in [6.45, 7) is 2.60. The van der Waals surface area contributed by atoms with Crippen LogP contribution in [-0.2, 0) is 4.74 Å². The fourth-order valence-corrected chi connectivity index (χ4v) is 3.03. The van der Waals surface area contributed by atoms with Crippen molar-refractivity contribution in [1.82, 2.24) is 24.9 Å². The van der Waals surface area contributed by atoms with Crippen LogP contribution < -0.4 is 10.9 Å². The number of fused-ring (bicyclic) bond motifs is 1. The van der Waals surface area contributed by atoms with Crippen LogP contribution in [0.15, 0.2) is 12.7 Å². The summed E-state index contributed by atoms with van der Waals surface area (Å²) >= 11 is 0. The molecule has 0 amide bonds. The van der Waals surface area contributed by atoms with Gasteiger partial charge in [-0.1, -0.05) is 26.2 Å². The van der Waals surface area contributed by atoms with Gasteiger partial charge in [0.1, 0.15) is 24.6 Å². The second kappa shape index (κ2) is 8.69. The molecule has 1 fully saturated rings. The number of nitrogens with one attached hydrogen (secondary N) is 2. The molecular formula is C16H26N6O4. The SMILES string of the molecule is CCCCCCNNc1ncnc2c1ncn2[C@@H]1O[C@H](CO)[C@@H](O)[C@H]1O. The average molecular weight is 366 g/mol. The Morgan fingerprint density at radius 1 is 1.15 bits per heavy atom. The number of hydrogen-bond donors (Lipinski definition) is 5. The molecule has 0 spiro atoms. The largest absolute Gasteiger partial charge is 0.394 e. The predicted molar refractivity (Wildman–Crippen MR) is 94.1 cm³/mol. The van der Waals surface area contributed by atoms with Crippen LogP contribution in [-0.4, -0.2) is 66.3 Å². The number of anilines is 1. The second-order valence-corrected chi connectivity index (χ2v) is 6.39. The molecule has 144 valence electrons. The molecule has 2 aromatic heterocycles. The highest BCUT2D eigenvalue weighted by Gasteiger charge is 2.44. The molecule has 26 heavy (non-hydrogen) atoms. The highest BCUT2D eigenvalue weighted by atomic mass is 16.6. The number of unbranched alkanes of at least 4 members (excludes halogenated alkanes) is 3. The molecule has 0 aliphatic carbocycles. The van der Waals surface area contributed by atoms with E-state index in [9.17, 15) is 15.3 Å². The maximum absolute atomic E-state index is 10.2. The highest BCUT2D eigenvalue weighted by Crippen LogP contribution is 2.31. The van der Waals surface area contributed by atoms with Crippen molar-refractivity contribution in [3.63, 3.8) is 0 Å². The van der Waals surface area contributed by atoms with Gasteiger partial charge in [0.2, 0.25) is 0 Å². The van der Waals surface area contributed by atoms with Crippen LogP contribution in [0.3, 0.4) is 0 Å². The first kappa shape index (κ1) is 18.9. The molecule has 3 rings (SSSR count). The van der Waals surface area contributed by atoms with Crippen molar-refractivity contribution < 1.29 is 20.1 Å². The minimum atomic E-state index is -1.19. The van der Waals surface area contributed by atoms with E-state index in [1.807, 2.05) is 0 Å². The number of nitrogens with zero attached hydrogens (tertiary/aromatic N) is 4. The summed E-state index contributed by atoms with van der Waals surface area (Å²) < 4.78 is 7.07. The van der Waals surface area contributed by atoms with Gasteiger partial charge in [0.15, 0.2) is 23.2 Å². The first-order valence-corrected chi connectivity index (χ1v) is 8.96. The summed E-state index contributed by atoms with van der Waals surface area (Å²) in [6, 6.07) is 0. The fourth-order valence-electron chi connectivity index (χ4n) is 3.03. The maximum Gasteiger partial charge on any atom is 0.171 e. The number of imidazole rings is 1. The Morgan fingerprint density at radius 2 is 2.00 bits per heavy atom. The van der Waals surface area contributed by atoms with Crippen LogP contribution in [0.5, 0.6) is 0 Å². The van der Waals surface area contributed by atoms with E-state index in [0.717, 1.165) is 13.0 Å². The van der Waals surface area contributed by atoms with E-state index in [1.54, 1.807) is 0 Å². The van der Waals surface area contributed by atoms with E-state index in [4.69, 9.17) is 4.74 Å². The first-order valence-electron chi connectivity index (χ1n) is 8.96. The molecule has 1 aliphatic heterocycles. The van der Waals surface area contributed by atoms with Crippen LogP contribution in [0.4, 0.5) is 5.82 Å². The zero-order valence-electron chi connectivity index (χ0n) is 14.7. The average Bonchev–Trinajstić information content (AvgIpc) is 3.20. The molecule has 0 radical (unpaired) electrons. The minimum absolute atomic E-state index is 0.384. The van der Waals surface area contributed by atoms with Gasteiger partial charge >= 0.3 is 0 Å². The smallest absolute Gasteiger partial charge is 0.171 e. The number of ether oxygens (including phenoxy) is 1. The van der Waals surface area contributed by atoms with Gasteiger partial charge in [-0.2, -0.15) is 0 Å². The molecule has 0 aromatic carbocycles. The Kier molecular flexibility index (Phi) is 6.33. The van der Waals surface area contributed by atoms with Gasteiger partial charge in [0.25, 0.3) is 0 Å². The van der Waals surface area contributed by atoms with Gasteiger partial charge in [0.05, 0.1) is 12.9 Å². The van der Waals surface area contributed by atoms with Crippen molar-refractivity contribution >= 4 is 17.0 Å². The number of hydrazine groups is 1. The minimum Gasteiger partial charge on any atom is -0.394 e. The Morgan fingerprint density at radius 3 is 2.73 bits per heavy atom. The number of aliphatic hydroxyl groups excluding tert-OH is 3. The van der Waals surface area contributed by atoms with Gasteiger partial charge < -0.3 is 25.5 Å². The standard InChI is InChI=1S/C16H26N6O4/c1-2-3-4-5-6-20-21-14-11-15(18-8-17-14)22(9-19-11)16-13(25)12(24)10(7-23)26-16/h8-10,12-13,16,20,23-25H,2-7H2,1H3,(H,17,18,21)/t10-,12-,13-,16-/m1/s1. The molecule has 10 nitrogen and oxygen atoms in total. The lowest BCUT2D eigenvalue weighted by Crippen LogP contribution is -2.33. The van der Waals surface area contributed by atoms with E-state index in [1.165, 1.54) is 36.5 Å². The molecule has 3 heterocycles. The Labute approximate surface area is 151 Å². The molecule has 0 saturated carbocycles. The third kappa shape index (κ3) is 3.79. The maximum atomic E-state index is 10.2. The third-order valence-corrected chi connectivity index (χ3v) is 4.51. The normalized spacial score (nSPS) is 25.8. The van der Waals surface area contributed by atoms with E-state index < -0.39 is 24.5 Å². The lowest BCUT2D eigenvalue weighted by Gasteiger charge is -2.16. The summed E-state index contributed by atoms with van der Waals surface area (Å²) in [4.78, 5) is 12.7. The third-order valence-electron chi connectivity index (χ3n) is 4.51. The highest BCUT2D eigenvalue weighted by molar-refractivity contribution is 5.82. The number of aliphatic hydroxyl groups is 3.